The lowest BCUT2D eigenvalue weighted by Gasteiger charge is -2.14. The van der Waals surface area contributed by atoms with E-state index in [9.17, 15) is 0 Å². The molecule has 0 aliphatic rings. The van der Waals surface area contributed by atoms with Crippen LogP contribution in [0, 0.1) is 6.92 Å². The minimum atomic E-state index is 0.622. The summed E-state index contributed by atoms with van der Waals surface area (Å²) in [6.45, 7) is 1.94. The fourth-order valence-electron chi connectivity index (χ4n) is 1.90. The van der Waals surface area contributed by atoms with Crippen LogP contribution in [0.4, 0.5) is 17.1 Å². The molecule has 0 atom stereocenters. The van der Waals surface area contributed by atoms with Crippen molar-refractivity contribution in [1.82, 2.24) is 0 Å². The summed E-state index contributed by atoms with van der Waals surface area (Å²) in [5.74, 6) is 1.36. The van der Waals surface area contributed by atoms with Crippen LogP contribution in [0.1, 0.15) is 5.56 Å². The summed E-state index contributed by atoms with van der Waals surface area (Å²) in [4.78, 5) is 0. The number of methoxy groups -OCH3 is 2. The molecule has 0 saturated carbocycles. The molecule has 0 aliphatic heterocycles. The highest BCUT2D eigenvalue weighted by molar-refractivity contribution is 6.31. The maximum atomic E-state index is 6.09. The van der Waals surface area contributed by atoms with E-state index in [0.717, 1.165) is 16.9 Å². The molecular weight excluding hydrogens is 276 g/mol. The number of hydrogen-bond donors (Lipinski definition) is 2. The van der Waals surface area contributed by atoms with Crippen LogP contribution in [0.15, 0.2) is 30.3 Å². The minimum absolute atomic E-state index is 0.622. The monoisotopic (exact) mass is 292 g/mol. The number of benzene rings is 2. The van der Waals surface area contributed by atoms with Gasteiger partial charge in [-0.25, -0.2) is 0 Å². The Balaban J connectivity index is 2.39. The topological polar surface area (TPSA) is 56.5 Å². The lowest BCUT2D eigenvalue weighted by Crippen LogP contribution is -1.97. The number of halogens is 1. The zero-order chi connectivity index (χ0) is 14.7. The van der Waals surface area contributed by atoms with Gasteiger partial charge in [0.15, 0.2) is 0 Å². The first kappa shape index (κ1) is 14.3. The maximum absolute atomic E-state index is 6.09. The largest absolute Gasteiger partial charge is 0.497 e. The van der Waals surface area contributed by atoms with E-state index in [2.05, 4.69) is 5.32 Å². The SMILES string of the molecule is COc1cc(N)cc(Nc2cc(C)c(Cl)cc2OC)c1. The summed E-state index contributed by atoms with van der Waals surface area (Å²) in [5.41, 5.74) is 9.07. The molecule has 2 rings (SSSR count). The van der Waals surface area contributed by atoms with Gasteiger partial charge in [0.25, 0.3) is 0 Å². The standard InChI is InChI=1S/C15H17ClN2O2/c1-9-4-14(15(20-3)8-13(9)16)18-11-5-10(17)6-12(7-11)19-2/h4-8,18H,17H2,1-3H3. The highest BCUT2D eigenvalue weighted by Gasteiger charge is 2.08. The fraction of sp³-hybridized carbons (Fsp3) is 0.200. The van der Waals surface area contributed by atoms with Crippen molar-refractivity contribution in [2.45, 2.75) is 6.92 Å². The number of hydrogen-bond acceptors (Lipinski definition) is 4. The highest BCUT2D eigenvalue weighted by atomic mass is 35.5. The first-order valence-corrected chi connectivity index (χ1v) is 6.47. The number of nitrogens with one attached hydrogen (secondary N) is 1. The Morgan fingerprint density at radius 1 is 1.05 bits per heavy atom. The van der Waals surface area contributed by atoms with Gasteiger partial charge in [0, 0.05) is 34.6 Å². The molecule has 0 spiro atoms. The van der Waals surface area contributed by atoms with E-state index in [1.807, 2.05) is 25.1 Å². The van der Waals surface area contributed by atoms with Crippen LogP contribution in [-0.4, -0.2) is 14.2 Å². The quantitative estimate of drug-likeness (QED) is 0.837. The fourth-order valence-corrected chi connectivity index (χ4v) is 2.05. The van der Waals surface area contributed by atoms with E-state index in [1.54, 1.807) is 26.4 Å². The molecule has 106 valence electrons. The molecule has 2 aromatic carbocycles. The maximum Gasteiger partial charge on any atom is 0.143 e. The Morgan fingerprint density at radius 2 is 1.80 bits per heavy atom. The number of nitrogen functional groups attached to an aromatic ring is 1. The van der Waals surface area contributed by atoms with Gasteiger partial charge in [0.05, 0.1) is 19.9 Å². The van der Waals surface area contributed by atoms with Gasteiger partial charge in [-0.2, -0.15) is 0 Å². The third-order valence-corrected chi connectivity index (χ3v) is 3.33. The van der Waals surface area contributed by atoms with Gasteiger partial charge in [0.2, 0.25) is 0 Å². The number of nitrogens with two attached hydrogens (primary N) is 1. The van der Waals surface area contributed by atoms with Gasteiger partial charge in [-0.3, -0.25) is 0 Å². The van der Waals surface area contributed by atoms with E-state index in [0.29, 0.717) is 22.2 Å². The third-order valence-electron chi connectivity index (χ3n) is 2.92. The van der Waals surface area contributed by atoms with Crippen molar-refractivity contribution in [3.8, 4) is 11.5 Å². The molecule has 0 fully saturated rings. The molecule has 5 heteroatoms. The van der Waals surface area contributed by atoms with Crippen molar-refractivity contribution >= 4 is 28.7 Å². The zero-order valence-electron chi connectivity index (χ0n) is 11.7. The molecule has 0 unspecified atom stereocenters. The summed E-state index contributed by atoms with van der Waals surface area (Å²) in [7, 11) is 3.21. The molecule has 0 amide bonds. The number of anilines is 3. The second kappa shape index (κ2) is 5.92. The molecule has 2 aromatic rings. The second-order valence-corrected chi connectivity index (χ2v) is 4.83. The van der Waals surface area contributed by atoms with Gasteiger partial charge < -0.3 is 20.5 Å². The molecule has 0 radical (unpaired) electrons. The summed E-state index contributed by atoms with van der Waals surface area (Å²) in [6.07, 6.45) is 0. The molecule has 0 saturated heterocycles. The Hall–Kier alpha value is -2.07. The van der Waals surface area contributed by atoms with Gasteiger partial charge in [-0.05, 0) is 24.6 Å². The Kier molecular flexibility index (Phi) is 4.25. The molecular formula is C15H17ClN2O2. The molecule has 20 heavy (non-hydrogen) atoms. The predicted molar refractivity (Wildman–Crippen MR) is 83.4 cm³/mol. The van der Waals surface area contributed by atoms with Gasteiger partial charge in [-0.15, -0.1) is 0 Å². The highest BCUT2D eigenvalue weighted by Crippen LogP contribution is 2.34. The Labute approximate surface area is 123 Å². The molecule has 0 aromatic heterocycles. The van der Waals surface area contributed by atoms with Crippen LogP contribution < -0.4 is 20.5 Å². The predicted octanol–water partition coefficient (Wildman–Crippen LogP) is 3.99. The van der Waals surface area contributed by atoms with Gasteiger partial charge in [0.1, 0.15) is 11.5 Å². The van der Waals surface area contributed by atoms with Crippen molar-refractivity contribution in [3.63, 3.8) is 0 Å². The van der Waals surface area contributed by atoms with E-state index in [1.165, 1.54) is 0 Å². The van der Waals surface area contributed by atoms with Crippen LogP contribution >= 0.6 is 11.6 Å². The lowest BCUT2D eigenvalue weighted by atomic mass is 10.2. The van der Waals surface area contributed by atoms with E-state index in [-0.39, 0.29) is 0 Å². The van der Waals surface area contributed by atoms with E-state index >= 15 is 0 Å². The smallest absolute Gasteiger partial charge is 0.143 e. The van der Waals surface area contributed by atoms with E-state index < -0.39 is 0 Å². The Morgan fingerprint density at radius 3 is 2.45 bits per heavy atom. The minimum Gasteiger partial charge on any atom is -0.497 e. The van der Waals surface area contributed by atoms with Crippen molar-refractivity contribution in [1.29, 1.82) is 0 Å². The summed E-state index contributed by atoms with van der Waals surface area (Å²) in [5, 5.41) is 3.93. The van der Waals surface area contributed by atoms with Crippen LogP contribution in [0.5, 0.6) is 11.5 Å². The van der Waals surface area contributed by atoms with Gasteiger partial charge >= 0.3 is 0 Å². The summed E-state index contributed by atoms with van der Waals surface area (Å²) < 4.78 is 10.5. The molecule has 4 nitrogen and oxygen atoms in total. The normalized spacial score (nSPS) is 10.2. The molecule has 0 aliphatic carbocycles. The molecule has 0 heterocycles. The number of aryl methyl sites for hydroxylation is 1. The zero-order valence-corrected chi connectivity index (χ0v) is 12.4. The van der Waals surface area contributed by atoms with Crippen molar-refractivity contribution in [2.24, 2.45) is 0 Å². The molecule has 3 N–H and O–H groups in total. The first-order valence-electron chi connectivity index (χ1n) is 6.09. The summed E-state index contributed by atoms with van der Waals surface area (Å²) in [6, 6.07) is 9.15. The lowest BCUT2D eigenvalue weighted by molar-refractivity contribution is 0.415. The number of rotatable bonds is 4. The second-order valence-electron chi connectivity index (χ2n) is 4.42. The van der Waals surface area contributed by atoms with Crippen LogP contribution in [-0.2, 0) is 0 Å². The van der Waals surface area contributed by atoms with E-state index in [4.69, 9.17) is 26.8 Å². The average molecular weight is 293 g/mol. The van der Waals surface area contributed by atoms with Crippen molar-refractivity contribution < 1.29 is 9.47 Å². The third kappa shape index (κ3) is 3.08. The number of ether oxygens (including phenoxy) is 2. The summed E-state index contributed by atoms with van der Waals surface area (Å²) >= 11 is 6.09. The van der Waals surface area contributed by atoms with Crippen LogP contribution in [0.3, 0.4) is 0 Å². The van der Waals surface area contributed by atoms with Gasteiger partial charge in [-0.1, -0.05) is 11.6 Å². The van der Waals surface area contributed by atoms with Crippen molar-refractivity contribution in [2.75, 3.05) is 25.3 Å². The first-order chi connectivity index (χ1) is 9.53. The van der Waals surface area contributed by atoms with Crippen LogP contribution in [0.25, 0.3) is 0 Å². The average Bonchev–Trinajstić information content (AvgIpc) is 2.42. The van der Waals surface area contributed by atoms with Crippen molar-refractivity contribution in [3.05, 3.63) is 40.9 Å². The van der Waals surface area contributed by atoms with Crippen LogP contribution in [0.2, 0.25) is 5.02 Å². The molecule has 0 bridgehead atoms. The Bertz CT molecular complexity index is 630.